The molecule has 0 amide bonds. The van der Waals surface area contributed by atoms with E-state index in [1.54, 1.807) is 30.9 Å². The maximum absolute atomic E-state index is 11.1. The van der Waals surface area contributed by atoms with Crippen molar-refractivity contribution in [1.29, 1.82) is 0 Å². The molecule has 176 valence electrons. The summed E-state index contributed by atoms with van der Waals surface area (Å²) in [7, 11) is 3.13. The molecule has 1 aliphatic carbocycles. The fraction of sp³-hybridized carbons (Fsp3) is 0.273. The molecule has 12 heteroatoms. The molecule has 0 bridgehead atoms. The zero-order chi connectivity index (χ0) is 23.7. The Morgan fingerprint density at radius 3 is 2.50 bits per heavy atom. The van der Waals surface area contributed by atoms with Crippen molar-refractivity contribution in [3.63, 3.8) is 0 Å². The van der Waals surface area contributed by atoms with Gasteiger partial charge in [-0.3, -0.25) is 9.12 Å². The number of aromatic nitrogens is 5. The number of rotatable bonds is 9. The second-order valence-electron chi connectivity index (χ2n) is 7.54. The fourth-order valence-electron chi connectivity index (χ4n) is 3.51. The van der Waals surface area contributed by atoms with Crippen LogP contribution < -0.4 is 18.9 Å². The topological polar surface area (TPSA) is 134 Å². The van der Waals surface area contributed by atoms with Crippen molar-refractivity contribution >= 4 is 22.6 Å². The van der Waals surface area contributed by atoms with Crippen LogP contribution in [0, 0.1) is 0 Å². The number of hydrogen-bond acceptors (Lipinski definition) is 8. The van der Waals surface area contributed by atoms with Crippen LogP contribution in [0.4, 0.5) is 0 Å². The van der Waals surface area contributed by atoms with Gasteiger partial charge in [0.15, 0.2) is 17.1 Å². The van der Waals surface area contributed by atoms with E-state index in [4.69, 9.17) is 23.7 Å². The Bertz CT molecular complexity index is 1350. The van der Waals surface area contributed by atoms with Crippen molar-refractivity contribution in [2.45, 2.75) is 25.5 Å². The Balaban J connectivity index is 1.74. The summed E-state index contributed by atoms with van der Waals surface area (Å²) < 4.78 is 41.5. The molecule has 1 aromatic carbocycles. The van der Waals surface area contributed by atoms with E-state index in [0.717, 1.165) is 12.8 Å². The third kappa shape index (κ3) is 4.42. The summed E-state index contributed by atoms with van der Waals surface area (Å²) in [5, 5.41) is 0. The van der Waals surface area contributed by atoms with E-state index in [2.05, 4.69) is 19.7 Å². The summed E-state index contributed by atoms with van der Waals surface area (Å²) in [5.74, 6) is 2.05. The fourth-order valence-corrected chi connectivity index (χ4v) is 3.78. The van der Waals surface area contributed by atoms with Gasteiger partial charge in [0.1, 0.15) is 29.0 Å². The molecule has 34 heavy (non-hydrogen) atoms. The highest BCUT2D eigenvalue weighted by Crippen LogP contribution is 2.38. The monoisotopic (exact) mass is 482 g/mol. The van der Waals surface area contributed by atoms with Crippen LogP contribution in [0.1, 0.15) is 18.5 Å². The highest BCUT2D eigenvalue weighted by Gasteiger charge is 2.26. The predicted octanol–water partition coefficient (Wildman–Crippen LogP) is 2.66. The molecule has 0 aliphatic heterocycles. The molecule has 1 fully saturated rings. The number of nitrogens with zero attached hydrogens (tertiary/aromatic N) is 5. The molecule has 3 aromatic heterocycles. The average molecular weight is 483 g/mol. The number of fused-ring (bicyclic) bond motifs is 1. The standard InChI is InChI=1S/C22H22N6O5S/c1-31-16-6-4-7-17(32-2)19(16)28-21(15-5-3-8-18(26-15)33-14-9-10-14)27-20-22(28)25-13(11-23-20)12-24-34(29)30/h3-8,11,14,24H,9-10,12H2,1-2H3,(H,29,30). The number of imidazole rings is 1. The van der Waals surface area contributed by atoms with Gasteiger partial charge in [0.05, 0.1) is 32.7 Å². The smallest absolute Gasteiger partial charge is 0.232 e. The Morgan fingerprint density at radius 2 is 1.82 bits per heavy atom. The second-order valence-corrected chi connectivity index (χ2v) is 8.33. The van der Waals surface area contributed by atoms with Crippen LogP contribution in [0.15, 0.2) is 42.6 Å². The third-order valence-corrected chi connectivity index (χ3v) is 5.58. The molecule has 0 radical (unpaired) electrons. The van der Waals surface area contributed by atoms with Crippen molar-refractivity contribution in [3.05, 3.63) is 48.3 Å². The number of pyridine rings is 1. The van der Waals surface area contributed by atoms with Gasteiger partial charge in [-0.15, -0.1) is 0 Å². The lowest BCUT2D eigenvalue weighted by Gasteiger charge is -2.16. The highest BCUT2D eigenvalue weighted by molar-refractivity contribution is 7.77. The zero-order valence-electron chi connectivity index (χ0n) is 18.5. The van der Waals surface area contributed by atoms with Gasteiger partial charge in [-0.1, -0.05) is 12.1 Å². The van der Waals surface area contributed by atoms with Crippen LogP contribution in [0.3, 0.4) is 0 Å². The number of para-hydroxylation sites is 1. The third-order valence-electron chi connectivity index (χ3n) is 5.19. The van der Waals surface area contributed by atoms with Gasteiger partial charge < -0.3 is 14.2 Å². The van der Waals surface area contributed by atoms with Gasteiger partial charge in [0.25, 0.3) is 0 Å². The Morgan fingerprint density at radius 1 is 1.09 bits per heavy atom. The van der Waals surface area contributed by atoms with Crippen LogP contribution in [-0.2, 0) is 17.8 Å². The number of hydrogen-bond donors (Lipinski definition) is 2. The van der Waals surface area contributed by atoms with Crippen molar-refractivity contribution in [2.75, 3.05) is 14.2 Å². The lowest BCUT2D eigenvalue weighted by Crippen LogP contribution is -2.16. The summed E-state index contributed by atoms with van der Waals surface area (Å²) in [6.45, 7) is 0.0403. The molecular formula is C22H22N6O5S. The number of methoxy groups -OCH3 is 2. The molecule has 2 N–H and O–H groups in total. The van der Waals surface area contributed by atoms with Crippen molar-refractivity contribution < 1.29 is 23.0 Å². The summed E-state index contributed by atoms with van der Waals surface area (Å²) in [6.07, 6.45) is 3.74. The van der Waals surface area contributed by atoms with Gasteiger partial charge in [-0.25, -0.2) is 28.9 Å². The molecule has 1 saturated carbocycles. The van der Waals surface area contributed by atoms with Gasteiger partial charge in [0.2, 0.25) is 17.1 Å². The molecule has 1 atom stereocenters. The first kappa shape index (κ1) is 22.2. The predicted molar refractivity (Wildman–Crippen MR) is 124 cm³/mol. The van der Waals surface area contributed by atoms with Gasteiger partial charge in [-0.2, -0.15) is 0 Å². The largest absolute Gasteiger partial charge is 0.494 e. The summed E-state index contributed by atoms with van der Waals surface area (Å²) in [4.78, 5) is 18.5. The Kier molecular flexibility index (Phi) is 6.09. The highest BCUT2D eigenvalue weighted by atomic mass is 32.2. The molecule has 0 spiro atoms. The van der Waals surface area contributed by atoms with E-state index in [0.29, 0.717) is 51.6 Å². The van der Waals surface area contributed by atoms with Crippen molar-refractivity contribution in [3.8, 4) is 34.6 Å². The summed E-state index contributed by atoms with van der Waals surface area (Å²) in [5.41, 5.74) is 2.37. The molecule has 4 aromatic rings. The van der Waals surface area contributed by atoms with Crippen molar-refractivity contribution in [2.24, 2.45) is 0 Å². The van der Waals surface area contributed by atoms with E-state index in [9.17, 15) is 4.21 Å². The Labute approximate surface area is 197 Å². The molecule has 1 aliphatic rings. The van der Waals surface area contributed by atoms with E-state index >= 15 is 0 Å². The minimum atomic E-state index is -2.18. The minimum absolute atomic E-state index is 0.0403. The summed E-state index contributed by atoms with van der Waals surface area (Å²) >= 11 is -2.18. The maximum Gasteiger partial charge on any atom is 0.232 e. The van der Waals surface area contributed by atoms with Gasteiger partial charge in [-0.05, 0) is 31.0 Å². The SMILES string of the molecule is COc1cccc(OC)c1-n1c(-c2cccc(OC3CC3)n2)nc2ncc(CNS(=O)O)nc21. The molecule has 1 unspecified atom stereocenters. The first-order valence-corrected chi connectivity index (χ1v) is 11.6. The number of ether oxygens (including phenoxy) is 3. The zero-order valence-corrected chi connectivity index (χ0v) is 19.3. The maximum atomic E-state index is 11.1. The molecule has 0 saturated heterocycles. The lowest BCUT2D eigenvalue weighted by atomic mass is 10.2. The van der Waals surface area contributed by atoms with Crippen LogP contribution in [0.2, 0.25) is 0 Å². The quantitative estimate of drug-likeness (QED) is 0.345. The van der Waals surface area contributed by atoms with Crippen molar-refractivity contribution in [1.82, 2.24) is 29.2 Å². The lowest BCUT2D eigenvalue weighted by molar-refractivity contribution is 0.291. The van der Waals surface area contributed by atoms with Crippen LogP contribution in [0.5, 0.6) is 17.4 Å². The van der Waals surface area contributed by atoms with Gasteiger partial charge in [0, 0.05) is 6.07 Å². The Hall–Kier alpha value is -3.61. The van der Waals surface area contributed by atoms with Crippen LogP contribution in [-0.4, -0.2) is 53.6 Å². The number of benzene rings is 1. The van der Waals surface area contributed by atoms with Crippen LogP contribution >= 0.6 is 0 Å². The molecule has 11 nitrogen and oxygen atoms in total. The molecular weight excluding hydrogens is 460 g/mol. The van der Waals surface area contributed by atoms with E-state index < -0.39 is 11.3 Å². The number of nitrogens with one attached hydrogen (secondary N) is 1. The second kappa shape index (κ2) is 9.33. The normalized spacial score (nSPS) is 14.2. The van der Waals surface area contributed by atoms with E-state index in [1.807, 2.05) is 24.3 Å². The average Bonchev–Trinajstić information content (AvgIpc) is 3.59. The minimum Gasteiger partial charge on any atom is -0.494 e. The first-order chi connectivity index (χ1) is 16.6. The van der Waals surface area contributed by atoms with Gasteiger partial charge >= 0.3 is 0 Å². The molecule has 5 rings (SSSR count). The van der Waals surface area contributed by atoms with E-state index in [-0.39, 0.29) is 12.6 Å². The molecule has 3 heterocycles. The first-order valence-electron chi connectivity index (χ1n) is 10.5. The van der Waals surface area contributed by atoms with E-state index in [1.165, 1.54) is 6.20 Å². The van der Waals surface area contributed by atoms with Crippen LogP contribution in [0.25, 0.3) is 28.5 Å². The summed E-state index contributed by atoms with van der Waals surface area (Å²) in [6, 6.07) is 10.9.